The number of benzene rings is 1. The lowest BCUT2D eigenvalue weighted by atomic mass is 9.82. The summed E-state index contributed by atoms with van der Waals surface area (Å²) in [5.41, 5.74) is 2.58. The number of carboxylic acids is 1. The van der Waals surface area contributed by atoms with Crippen molar-refractivity contribution in [2.24, 2.45) is 5.92 Å². The van der Waals surface area contributed by atoms with Gasteiger partial charge in [-0.3, -0.25) is 4.79 Å². The zero-order valence-electron chi connectivity index (χ0n) is 9.40. The Balaban J connectivity index is 2.12. The van der Waals surface area contributed by atoms with Gasteiger partial charge in [-0.15, -0.1) is 0 Å². The van der Waals surface area contributed by atoms with Crippen LogP contribution in [-0.2, 0) is 17.6 Å². The maximum atomic E-state index is 10.7. The predicted octanol–water partition coefficient (Wildman–Crippen LogP) is 2.27. The first kappa shape index (κ1) is 11.0. The molecule has 0 saturated heterocycles. The quantitative estimate of drug-likeness (QED) is 0.850. The number of methoxy groups -OCH3 is 1. The van der Waals surface area contributed by atoms with E-state index >= 15 is 0 Å². The summed E-state index contributed by atoms with van der Waals surface area (Å²) >= 11 is 0. The zero-order valence-corrected chi connectivity index (χ0v) is 9.40. The normalized spacial score (nSPS) is 18.9. The zero-order chi connectivity index (χ0) is 11.5. The molecule has 0 spiro atoms. The molecule has 1 N–H and O–H groups in total. The molecule has 0 bridgehead atoms. The second-order valence-electron chi connectivity index (χ2n) is 4.34. The molecule has 0 fully saturated rings. The first-order valence-electron chi connectivity index (χ1n) is 5.56. The second-order valence-corrected chi connectivity index (χ2v) is 4.34. The van der Waals surface area contributed by atoms with Crippen molar-refractivity contribution in [1.82, 2.24) is 0 Å². The summed E-state index contributed by atoms with van der Waals surface area (Å²) < 4.78 is 5.18. The number of carboxylic acid groups (broad SMARTS) is 1. The van der Waals surface area contributed by atoms with Crippen LogP contribution in [0.5, 0.6) is 5.75 Å². The molecule has 0 saturated carbocycles. The number of carbonyl (C=O) groups is 1. The van der Waals surface area contributed by atoms with E-state index in [0.29, 0.717) is 5.92 Å². The number of hydrogen-bond acceptors (Lipinski definition) is 2. The van der Waals surface area contributed by atoms with Crippen molar-refractivity contribution in [2.75, 3.05) is 7.11 Å². The van der Waals surface area contributed by atoms with Crippen LogP contribution in [0.15, 0.2) is 18.2 Å². The number of rotatable bonds is 3. The van der Waals surface area contributed by atoms with Gasteiger partial charge in [0, 0.05) is 6.42 Å². The minimum atomic E-state index is -0.693. The molecular weight excluding hydrogens is 204 g/mol. The van der Waals surface area contributed by atoms with E-state index in [-0.39, 0.29) is 6.42 Å². The van der Waals surface area contributed by atoms with Gasteiger partial charge in [-0.05, 0) is 48.4 Å². The molecule has 3 heteroatoms. The molecule has 3 nitrogen and oxygen atoms in total. The summed E-state index contributed by atoms with van der Waals surface area (Å²) in [6.07, 6.45) is 3.09. The molecule has 86 valence electrons. The van der Waals surface area contributed by atoms with E-state index in [1.165, 1.54) is 11.1 Å². The van der Waals surface area contributed by atoms with E-state index in [1.54, 1.807) is 7.11 Å². The minimum Gasteiger partial charge on any atom is -0.497 e. The summed E-state index contributed by atoms with van der Waals surface area (Å²) in [6, 6.07) is 6.07. The lowest BCUT2D eigenvalue weighted by Crippen LogP contribution is -2.17. The highest BCUT2D eigenvalue weighted by Crippen LogP contribution is 2.29. The number of hydrogen-bond donors (Lipinski definition) is 1. The van der Waals surface area contributed by atoms with Crippen LogP contribution < -0.4 is 4.74 Å². The highest BCUT2D eigenvalue weighted by atomic mass is 16.5. The Morgan fingerprint density at radius 3 is 3.00 bits per heavy atom. The summed E-state index contributed by atoms with van der Waals surface area (Å²) in [5, 5.41) is 8.78. The molecule has 1 aromatic carbocycles. The van der Waals surface area contributed by atoms with Crippen LogP contribution in [0.25, 0.3) is 0 Å². The molecule has 1 aliphatic rings. The Morgan fingerprint density at radius 1 is 1.50 bits per heavy atom. The van der Waals surface area contributed by atoms with Crippen molar-refractivity contribution < 1.29 is 14.6 Å². The Bertz CT molecular complexity index is 398. The highest BCUT2D eigenvalue weighted by molar-refractivity contribution is 5.67. The van der Waals surface area contributed by atoms with Gasteiger partial charge in [-0.2, -0.15) is 0 Å². The van der Waals surface area contributed by atoms with Crippen LogP contribution in [0.4, 0.5) is 0 Å². The lowest BCUT2D eigenvalue weighted by Gasteiger charge is -2.23. The van der Waals surface area contributed by atoms with Gasteiger partial charge in [0.25, 0.3) is 0 Å². The lowest BCUT2D eigenvalue weighted by molar-refractivity contribution is -0.138. The van der Waals surface area contributed by atoms with Crippen molar-refractivity contribution in [2.45, 2.75) is 25.7 Å². The molecule has 1 atom stereocenters. The van der Waals surface area contributed by atoms with E-state index in [1.807, 2.05) is 6.07 Å². The van der Waals surface area contributed by atoms with Crippen molar-refractivity contribution in [3.05, 3.63) is 29.3 Å². The molecule has 0 aromatic heterocycles. The van der Waals surface area contributed by atoms with Gasteiger partial charge in [0.15, 0.2) is 0 Å². The molecule has 2 rings (SSSR count). The van der Waals surface area contributed by atoms with Gasteiger partial charge >= 0.3 is 5.97 Å². The molecule has 1 aliphatic carbocycles. The van der Waals surface area contributed by atoms with Crippen molar-refractivity contribution in [3.8, 4) is 5.75 Å². The standard InChI is InChI=1S/C13H16O3/c1-16-12-5-4-10-6-9(7-13(14)15)2-3-11(10)8-12/h4-5,8-9H,2-3,6-7H2,1H3,(H,14,15)/t9-/m1/s1. The van der Waals surface area contributed by atoms with E-state index in [9.17, 15) is 4.79 Å². The predicted molar refractivity (Wildman–Crippen MR) is 60.8 cm³/mol. The monoisotopic (exact) mass is 220 g/mol. The molecule has 16 heavy (non-hydrogen) atoms. The first-order valence-corrected chi connectivity index (χ1v) is 5.56. The van der Waals surface area contributed by atoms with Gasteiger partial charge in [0.1, 0.15) is 5.75 Å². The molecule has 0 radical (unpaired) electrons. The highest BCUT2D eigenvalue weighted by Gasteiger charge is 2.20. The number of fused-ring (bicyclic) bond motifs is 1. The third kappa shape index (κ3) is 2.35. The Hall–Kier alpha value is -1.51. The Labute approximate surface area is 95.0 Å². The van der Waals surface area contributed by atoms with Crippen LogP contribution in [-0.4, -0.2) is 18.2 Å². The summed E-state index contributed by atoms with van der Waals surface area (Å²) in [5.74, 6) is 0.482. The smallest absolute Gasteiger partial charge is 0.303 e. The van der Waals surface area contributed by atoms with E-state index in [0.717, 1.165) is 25.0 Å². The van der Waals surface area contributed by atoms with Gasteiger partial charge in [0.05, 0.1) is 7.11 Å². The van der Waals surface area contributed by atoms with Crippen LogP contribution >= 0.6 is 0 Å². The fraction of sp³-hybridized carbons (Fsp3) is 0.462. The van der Waals surface area contributed by atoms with Gasteiger partial charge in [-0.1, -0.05) is 6.07 Å². The summed E-state index contributed by atoms with van der Waals surface area (Å²) in [7, 11) is 1.66. The van der Waals surface area contributed by atoms with E-state index in [2.05, 4.69) is 12.1 Å². The second kappa shape index (κ2) is 4.56. The van der Waals surface area contributed by atoms with Crippen LogP contribution in [0.1, 0.15) is 24.0 Å². The number of aliphatic carboxylic acids is 1. The van der Waals surface area contributed by atoms with Crippen molar-refractivity contribution in [1.29, 1.82) is 0 Å². The SMILES string of the molecule is COc1ccc2c(c1)CC[C@@H](CC(=O)O)C2. The Morgan fingerprint density at radius 2 is 2.31 bits per heavy atom. The van der Waals surface area contributed by atoms with Crippen LogP contribution in [0, 0.1) is 5.92 Å². The maximum absolute atomic E-state index is 10.7. The number of ether oxygens (including phenoxy) is 1. The van der Waals surface area contributed by atoms with Crippen LogP contribution in [0.2, 0.25) is 0 Å². The van der Waals surface area contributed by atoms with E-state index in [4.69, 9.17) is 9.84 Å². The molecule has 1 aromatic rings. The third-order valence-electron chi connectivity index (χ3n) is 3.21. The van der Waals surface area contributed by atoms with E-state index < -0.39 is 5.97 Å². The number of aryl methyl sites for hydroxylation is 1. The summed E-state index contributed by atoms with van der Waals surface area (Å²) in [6.45, 7) is 0. The molecule has 0 unspecified atom stereocenters. The average Bonchev–Trinajstić information content (AvgIpc) is 2.27. The topological polar surface area (TPSA) is 46.5 Å². The van der Waals surface area contributed by atoms with Gasteiger partial charge < -0.3 is 9.84 Å². The summed E-state index contributed by atoms with van der Waals surface area (Å²) in [4.78, 5) is 10.7. The van der Waals surface area contributed by atoms with Gasteiger partial charge in [0.2, 0.25) is 0 Å². The average molecular weight is 220 g/mol. The fourth-order valence-corrected chi connectivity index (χ4v) is 2.35. The first-order chi connectivity index (χ1) is 7.69. The minimum absolute atomic E-state index is 0.283. The van der Waals surface area contributed by atoms with Crippen LogP contribution in [0.3, 0.4) is 0 Å². The van der Waals surface area contributed by atoms with Gasteiger partial charge in [-0.25, -0.2) is 0 Å². The molecule has 0 amide bonds. The fourth-order valence-electron chi connectivity index (χ4n) is 2.35. The molecule has 0 aliphatic heterocycles. The van der Waals surface area contributed by atoms with Crippen molar-refractivity contribution >= 4 is 5.97 Å². The maximum Gasteiger partial charge on any atom is 0.303 e. The third-order valence-corrected chi connectivity index (χ3v) is 3.21. The largest absolute Gasteiger partial charge is 0.497 e. The van der Waals surface area contributed by atoms with Crippen molar-refractivity contribution in [3.63, 3.8) is 0 Å². The Kier molecular flexibility index (Phi) is 3.13. The molecular formula is C13H16O3. The molecule has 0 heterocycles.